The summed E-state index contributed by atoms with van der Waals surface area (Å²) in [4.78, 5) is 6.44. The van der Waals surface area contributed by atoms with Crippen molar-refractivity contribution in [3.8, 4) is 0 Å². The van der Waals surface area contributed by atoms with E-state index in [1.807, 2.05) is 0 Å². The first kappa shape index (κ1) is 21.2. The average Bonchev–Trinajstić information content (AvgIpc) is 2.60. The second-order valence-electron chi connectivity index (χ2n) is 5.64. The average molecular weight is 370 g/mol. The number of nitrogens with zero attached hydrogens (tertiary/aromatic N) is 2. The molecule has 0 spiro atoms. The summed E-state index contributed by atoms with van der Waals surface area (Å²) in [7, 11) is -1.45. The lowest BCUT2D eigenvalue weighted by molar-refractivity contribution is 0.582. The van der Waals surface area contributed by atoms with Gasteiger partial charge in [-0.15, -0.1) is 0 Å². The summed E-state index contributed by atoms with van der Waals surface area (Å²) in [6, 6.07) is 8.45. The van der Waals surface area contributed by atoms with Gasteiger partial charge in [0.2, 0.25) is 10.0 Å². The van der Waals surface area contributed by atoms with Gasteiger partial charge in [0.15, 0.2) is 5.96 Å². The van der Waals surface area contributed by atoms with Crippen molar-refractivity contribution >= 4 is 21.7 Å². The topological polar surface area (TPSA) is 85.8 Å². The molecule has 7 nitrogen and oxygen atoms in total. The number of anilines is 1. The molecule has 1 rings (SSSR count). The molecule has 0 aromatic heterocycles. The van der Waals surface area contributed by atoms with E-state index in [0.717, 1.165) is 19.6 Å². The number of hydrogen-bond donors (Lipinski definition) is 3. The molecule has 0 saturated heterocycles. The van der Waals surface area contributed by atoms with Gasteiger partial charge in [-0.2, -0.15) is 0 Å². The Hall–Kier alpha value is -1.80. The molecule has 0 amide bonds. The first-order valence-electron chi connectivity index (χ1n) is 8.65. The number of hydrogen-bond acceptors (Lipinski definition) is 4. The van der Waals surface area contributed by atoms with Gasteiger partial charge in [-0.1, -0.05) is 12.1 Å². The molecule has 3 N–H and O–H groups in total. The maximum Gasteiger partial charge on any atom is 0.211 e. The Labute approximate surface area is 152 Å². The highest BCUT2D eigenvalue weighted by molar-refractivity contribution is 7.89. The highest BCUT2D eigenvalue weighted by atomic mass is 32.2. The summed E-state index contributed by atoms with van der Waals surface area (Å²) in [6.07, 6.45) is 0. The highest BCUT2D eigenvalue weighted by Gasteiger charge is 2.06. The van der Waals surface area contributed by atoms with E-state index in [2.05, 4.69) is 63.4 Å². The van der Waals surface area contributed by atoms with E-state index in [1.54, 1.807) is 14.0 Å². The van der Waals surface area contributed by atoms with Crippen LogP contribution in [0.4, 0.5) is 5.69 Å². The van der Waals surface area contributed by atoms with Crippen LogP contribution in [0.3, 0.4) is 0 Å². The first-order chi connectivity index (χ1) is 11.9. The van der Waals surface area contributed by atoms with Crippen molar-refractivity contribution in [3.63, 3.8) is 0 Å². The maximum absolute atomic E-state index is 11.4. The Morgan fingerprint density at radius 3 is 2.48 bits per heavy atom. The van der Waals surface area contributed by atoms with E-state index in [4.69, 9.17) is 0 Å². The van der Waals surface area contributed by atoms with Gasteiger partial charge in [0, 0.05) is 45.5 Å². The fourth-order valence-corrected chi connectivity index (χ4v) is 2.93. The third-order valence-corrected chi connectivity index (χ3v) is 5.17. The third-order valence-electron chi connectivity index (χ3n) is 3.77. The molecule has 1 aromatic carbocycles. The van der Waals surface area contributed by atoms with Gasteiger partial charge < -0.3 is 15.5 Å². The van der Waals surface area contributed by atoms with Crippen LogP contribution in [0, 0.1) is 6.92 Å². The molecule has 142 valence electrons. The van der Waals surface area contributed by atoms with Gasteiger partial charge in [0.1, 0.15) is 0 Å². The zero-order chi connectivity index (χ0) is 18.7. The molecule has 0 radical (unpaired) electrons. The molecular weight excluding hydrogens is 338 g/mol. The number of rotatable bonds is 10. The van der Waals surface area contributed by atoms with E-state index in [-0.39, 0.29) is 5.75 Å². The second-order valence-corrected chi connectivity index (χ2v) is 7.74. The summed E-state index contributed by atoms with van der Waals surface area (Å²) < 4.78 is 25.2. The second kappa shape index (κ2) is 10.9. The quantitative estimate of drug-likeness (QED) is 0.324. The number of benzene rings is 1. The Morgan fingerprint density at radius 2 is 1.88 bits per heavy atom. The number of aliphatic imine (C=N–C) groups is 1. The standard InChI is InChI=1S/C17H31N5O2S/c1-5-22(16-9-7-8-15(3)14-16)13-12-20-17(18-4)19-10-11-21-25(23,24)6-2/h7-9,14,21H,5-6,10-13H2,1-4H3,(H2,18,19,20). The summed E-state index contributed by atoms with van der Waals surface area (Å²) in [6.45, 7) is 9.17. The van der Waals surface area contributed by atoms with Gasteiger partial charge in [-0.3, -0.25) is 4.99 Å². The Balaban J connectivity index is 2.36. The Bertz CT molecular complexity index is 646. The number of sulfonamides is 1. The number of likely N-dealkylation sites (N-methyl/N-ethyl adjacent to an activating group) is 1. The van der Waals surface area contributed by atoms with Gasteiger partial charge in [0.05, 0.1) is 5.75 Å². The lowest BCUT2D eigenvalue weighted by atomic mass is 10.2. The van der Waals surface area contributed by atoms with Crippen LogP contribution in [-0.2, 0) is 10.0 Å². The van der Waals surface area contributed by atoms with Crippen LogP contribution in [0.15, 0.2) is 29.3 Å². The summed E-state index contributed by atoms with van der Waals surface area (Å²) in [5.41, 5.74) is 2.46. The minimum atomic E-state index is -3.15. The smallest absolute Gasteiger partial charge is 0.211 e. The number of guanidine groups is 1. The van der Waals surface area contributed by atoms with Gasteiger partial charge in [-0.25, -0.2) is 13.1 Å². The normalized spacial score (nSPS) is 12.1. The first-order valence-corrected chi connectivity index (χ1v) is 10.3. The lowest BCUT2D eigenvalue weighted by Gasteiger charge is -2.24. The summed E-state index contributed by atoms with van der Waals surface area (Å²) >= 11 is 0. The molecule has 25 heavy (non-hydrogen) atoms. The number of nitrogens with one attached hydrogen (secondary N) is 3. The molecule has 0 unspecified atom stereocenters. The fourth-order valence-electron chi connectivity index (χ4n) is 2.31. The minimum Gasteiger partial charge on any atom is -0.370 e. The van der Waals surface area contributed by atoms with Gasteiger partial charge in [0.25, 0.3) is 0 Å². The lowest BCUT2D eigenvalue weighted by Crippen LogP contribution is -2.44. The minimum absolute atomic E-state index is 0.0891. The van der Waals surface area contributed by atoms with E-state index in [9.17, 15) is 8.42 Å². The van der Waals surface area contributed by atoms with Crippen molar-refractivity contribution in [1.82, 2.24) is 15.4 Å². The van der Waals surface area contributed by atoms with Crippen LogP contribution in [-0.4, -0.2) is 59.9 Å². The van der Waals surface area contributed by atoms with Crippen molar-refractivity contribution in [1.29, 1.82) is 0 Å². The van der Waals surface area contributed by atoms with Crippen molar-refractivity contribution in [3.05, 3.63) is 29.8 Å². The molecular formula is C17H31N5O2S. The van der Waals surface area contributed by atoms with E-state index in [1.165, 1.54) is 11.3 Å². The van der Waals surface area contributed by atoms with Crippen molar-refractivity contribution in [2.45, 2.75) is 20.8 Å². The zero-order valence-electron chi connectivity index (χ0n) is 15.7. The van der Waals surface area contributed by atoms with Crippen LogP contribution in [0.2, 0.25) is 0 Å². The van der Waals surface area contributed by atoms with Gasteiger partial charge >= 0.3 is 0 Å². The largest absolute Gasteiger partial charge is 0.370 e. The molecule has 0 fully saturated rings. The van der Waals surface area contributed by atoms with Crippen LogP contribution in [0.1, 0.15) is 19.4 Å². The molecule has 0 aliphatic rings. The summed E-state index contributed by atoms with van der Waals surface area (Å²) in [5, 5.41) is 6.35. The Kier molecular flexibility index (Phi) is 9.30. The predicted octanol–water partition coefficient (Wildman–Crippen LogP) is 0.926. The SMILES string of the molecule is CCN(CCNC(=NC)NCCNS(=O)(=O)CC)c1cccc(C)c1. The van der Waals surface area contributed by atoms with Gasteiger partial charge in [-0.05, 0) is 38.5 Å². The third kappa shape index (κ3) is 8.22. The van der Waals surface area contributed by atoms with Crippen molar-refractivity contribution in [2.24, 2.45) is 4.99 Å². The van der Waals surface area contributed by atoms with E-state index >= 15 is 0 Å². The summed E-state index contributed by atoms with van der Waals surface area (Å²) in [5.74, 6) is 0.752. The molecule has 0 aliphatic carbocycles. The molecule has 0 atom stereocenters. The molecule has 0 heterocycles. The molecule has 8 heteroatoms. The number of aryl methyl sites for hydroxylation is 1. The van der Waals surface area contributed by atoms with Crippen LogP contribution in [0.25, 0.3) is 0 Å². The molecule has 0 saturated carbocycles. The van der Waals surface area contributed by atoms with E-state index in [0.29, 0.717) is 19.0 Å². The molecule has 1 aromatic rings. The predicted molar refractivity (Wildman–Crippen MR) is 106 cm³/mol. The van der Waals surface area contributed by atoms with Crippen LogP contribution < -0.4 is 20.3 Å². The fraction of sp³-hybridized carbons (Fsp3) is 0.588. The monoisotopic (exact) mass is 369 g/mol. The zero-order valence-corrected chi connectivity index (χ0v) is 16.5. The molecule has 0 bridgehead atoms. The van der Waals surface area contributed by atoms with Crippen LogP contribution >= 0.6 is 0 Å². The van der Waals surface area contributed by atoms with Crippen molar-refractivity contribution in [2.75, 3.05) is 50.4 Å². The molecule has 0 aliphatic heterocycles. The highest BCUT2D eigenvalue weighted by Crippen LogP contribution is 2.14. The maximum atomic E-state index is 11.4. The Morgan fingerprint density at radius 1 is 1.16 bits per heavy atom. The van der Waals surface area contributed by atoms with Crippen LogP contribution in [0.5, 0.6) is 0 Å². The van der Waals surface area contributed by atoms with Crippen molar-refractivity contribution < 1.29 is 8.42 Å². The van der Waals surface area contributed by atoms with E-state index < -0.39 is 10.0 Å².